The minimum Gasteiger partial charge on any atom is -0.497 e. The monoisotopic (exact) mass is 279 g/mol. The van der Waals surface area contributed by atoms with Gasteiger partial charge in [-0.25, -0.2) is 4.79 Å². The van der Waals surface area contributed by atoms with Gasteiger partial charge in [0.2, 0.25) is 0 Å². The number of alkyl carbamates (subject to hydrolysis) is 1. The summed E-state index contributed by atoms with van der Waals surface area (Å²) in [4.78, 5) is 11.7. The first kappa shape index (κ1) is 14.5. The van der Waals surface area contributed by atoms with E-state index >= 15 is 0 Å². The number of nitrogens with one attached hydrogen (secondary N) is 1. The lowest BCUT2D eigenvalue weighted by Crippen LogP contribution is -2.44. The molecule has 1 atom stereocenters. The van der Waals surface area contributed by atoms with Crippen LogP contribution in [-0.2, 0) is 11.2 Å². The van der Waals surface area contributed by atoms with Crippen molar-refractivity contribution in [1.29, 1.82) is 0 Å². The Bertz CT molecular complexity index is 493. The number of benzene rings is 1. The summed E-state index contributed by atoms with van der Waals surface area (Å²) in [6.07, 6.45) is 0.307. The Balaban J connectivity index is 1.96. The van der Waals surface area contributed by atoms with E-state index in [1.165, 1.54) is 0 Å². The van der Waals surface area contributed by atoms with Gasteiger partial charge in [0.15, 0.2) is 0 Å². The lowest BCUT2D eigenvalue weighted by molar-refractivity contribution is 0.0481. The summed E-state index contributed by atoms with van der Waals surface area (Å²) in [6, 6.07) is 5.62. The molecule has 1 aromatic rings. The molecule has 0 spiro atoms. The summed E-state index contributed by atoms with van der Waals surface area (Å²) in [5.74, 6) is 1.58. The molecule has 0 aliphatic carbocycles. The van der Waals surface area contributed by atoms with E-state index in [1.54, 1.807) is 7.11 Å². The molecule has 0 saturated carbocycles. The molecule has 0 aromatic heterocycles. The van der Waals surface area contributed by atoms with Crippen molar-refractivity contribution < 1.29 is 19.0 Å². The third kappa shape index (κ3) is 3.79. The highest BCUT2D eigenvalue weighted by Crippen LogP contribution is 2.29. The number of methoxy groups -OCH3 is 1. The highest BCUT2D eigenvalue weighted by atomic mass is 16.6. The first-order valence-corrected chi connectivity index (χ1v) is 6.66. The van der Waals surface area contributed by atoms with E-state index in [0.717, 1.165) is 23.5 Å². The van der Waals surface area contributed by atoms with E-state index in [0.29, 0.717) is 6.61 Å². The number of hydrogen-bond acceptors (Lipinski definition) is 4. The van der Waals surface area contributed by atoms with Crippen LogP contribution >= 0.6 is 0 Å². The van der Waals surface area contributed by atoms with Crippen LogP contribution in [0.1, 0.15) is 26.3 Å². The predicted octanol–water partition coefficient (Wildman–Crippen LogP) is 2.52. The van der Waals surface area contributed by atoms with Gasteiger partial charge in [0.05, 0.1) is 13.2 Å². The molecule has 1 heterocycles. The van der Waals surface area contributed by atoms with Crippen LogP contribution in [0.3, 0.4) is 0 Å². The summed E-state index contributed by atoms with van der Waals surface area (Å²) >= 11 is 0. The van der Waals surface area contributed by atoms with Gasteiger partial charge in [0.25, 0.3) is 0 Å². The molecule has 1 amide bonds. The SMILES string of the molecule is COc1ccc2c(c1)OCC(NC(=O)OC(C)(C)C)C2. The van der Waals surface area contributed by atoms with E-state index in [-0.39, 0.29) is 6.04 Å². The van der Waals surface area contributed by atoms with Crippen molar-refractivity contribution in [1.82, 2.24) is 5.32 Å². The third-order valence-electron chi connectivity index (χ3n) is 2.90. The maximum absolute atomic E-state index is 11.7. The lowest BCUT2D eigenvalue weighted by atomic mass is 10.0. The van der Waals surface area contributed by atoms with E-state index < -0.39 is 11.7 Å². The van der Waals surface area contributed by atoms with Crippen LogP contribution in [-0.4, -0.2) is 31.5 Å². The van der Waals surface area contributed by atoms with Crippen molar-refractivity contribution in [3.05, 3.63) is 23.8 Å². The van der Waals surface area contributed by atoms with Crippen molar-refractivity contribution >= 4 is 6.09 Å². The largest absolute Gasteiger partial charge is 0.497 e. The zero-order chi connectivity index (χ0) is 14.8. The fraction of sp³-hybridized carbons (Fsp3) is 0.533. The molecule has 1 N–H and O–H groups in total. The number of ether oxygens (including phenoxy) is 3. The van der Waals surface area contributed by atoms with Gasteiger partial charge in [-0.1, -0.05) is 6.07 Å². The summed E-state index contributed by atoms with van der Waals surface area (Å²) in [6.45, 7) is 5.95. The van der Waals surface area contributed by atoms with Crippen LogP contribution in [0, 0.1) is 0 Å². The number of rotatable bonds is 2. The topological polar surface area (TPSA) is 56.8 Å². The van der Waals surface area contributed by atoms with Gasteiger partial charge in [0, 0.05) is 6.07 Å². The van der Waals surface area contributed by atoms with Crippen LogP contribution in [0.15, 0.2) is 18.2 Å². The van der Waals surface area contributed by atoms with Gasteiger partial charge in [-0.2, -0.15) is 0 Å². The highest BCUT2D eigenvalue weighted by molar-refractivity contribution is 5.68. The van der Waals surface area contributed by atoms with Gasteiger partial charge < -0.3 is 19.5 Å². The lowest BCUT2D eigenvalue weighted by Gasteiger charge is -2.27. The van der Waals surface area contributed by atoms with Gasteiger partial charge in [-0.3, -0.25) is 0 Å². The van der Waals surface area contributed by atoms with Crippen LogP contribution < -0.4 is 14.8 Å². The Morgan fingerprint density at radius 2 is 2.15 bits per heavy atom. The first-order chi connectivity index (χ1) is 9.37. The minimum atomic E-state index is -0.495. The predicted molar refractivity (Wildman–Crippen MR) is 75.4 cm³/mol. The second-order valence-corrected chi connectivity index (χ2v) is 5.83. The molecule has 1 unspecified atom stereocenters. The van der Waals surface area contributed by atoms with E-state index in [2.05, 4.69) is 5.32 Å². The van der Waals surface area contributed by atoms with Crippen molar-refractivity contribution in [3.8, 4) is 11.5 Å². The number of hydrogen-bond donors (Lipinski definition) is 1. The van der Waals surface area contributed by atoms with Gasteiger partial charge in [-0.05, 0) is 38.8 Å². The average molecular weight is 279 g/mol. The van der Waals surface area contributed by atoms with E-state index in [9.17, 15) is 4.79 Å². The summed E-state index contributed by atoms with van der Waals surface area (Å²) in [5, 5.41) is 2.83. The molecule has 0 fully saturated rings. The molecule has 2 rings (SSSR count). The second-order valence-electron chi connectivity index (χ2n) is 5.83. The quantitative estimate of drug-likeness (QED) is 0.903. The van der Waals surface area contributed by atoms with Crippen LogP contribution in [0.2, 0.25) is 0 Å². The molecule has 20 heavy (non-hydrogen) atoms. The Morgan fingerprint density at radius 3 is 2.80 bits per heavy atom. The Morgan fingerprint density at radius 1 is 1.40 bits per heavy atom. The molecular weight excluding hydrogens is 258 g/mol. The Kier molecular flexibility index (Phi) is 4.06. The molecular formula is C15H21NO4. The number of fused-ring (bicyclic) bond motifs is 1. The van der Waals surface area contributed by atoms with Crippen LogP contribution in [0.25, 0.3) is 0 Å². The average Bonchev–Trinajstić information content (AvgIpc) is 2.35. The maximum Gasteiger partial charge on any atom is 0.408 e. The molecule has 5 heteroatoms. The number of carbonyl (C=O) groups is 1. The summed E-state index contributed by atoms with van der Waals surface area (Å²) in [7, 11) is 1.62. The molecule has 1 aromatic carbocycles. The normalized spacial score (nSPS) is 17.7. The fourth-order valence-corrected chi connectivity index (χ4v) is 2.05. The number of amides is 1. The first-order valence-electron chi connectivity index (χ1n) is 6.66. The fourth-order valence-electron chi connectivity index (χ4n) is 2.05. The van der Waals surface area contributed by atoms with Gasteiger partial charge in [-0.15, -0.1) is 0 Å². The smallest absolute Gasteiger partial charge is 0.408 e. The Hall–Kier alpha value is -1.91. The molecule has 0 bridgehead atoms. The second kappa shape index (κ2) is 5.61. The molecule has 1 aliphatic heterocycles. The molecule has 5 nitrogen and oxygen atoms in total. The third-order valence-corrected chi connectivity index (χ3v) is 2.90. The molecule has 110 valence electrons. The van der Waals surface area contributed by atoms with E-state index in [4.69, 9.17) is 14.2 Å². The maximum atomic E-state index is 11.7. The van der Waals surface area contributed by atoms with Crippen molar-refractivity contribution in [2.45, 2.75) is 38.8 Å². The zero-order valence-corrected chi connectivity index (χ0v) is 12.4. The standard InChI is InChI=1S/C15H21NO4/c1-15(2,3)20-14(17)16-11-7-10-5-6-12(18-4)8-13(10)19-9-11/h5-6,8,11H,7,9H2,1-4H3,(H,16,17). The highest BCUT2D eigenvalue weighted by Gasteiger charge is 2.24. The van der Waals surface area contributed by atoms with Crippen LogP contribution in [0.4, 0.5) is 4.79 Å². The number of carbonyl (C=O) groups excluding carboxylic acids is 1. The van der Waals surface area contributed by atoms with Crippen molar-refractivity contribution in [2.24, 2.45) is 0 Å². The Labute approximate surface area is 119 Å². The minimum absolute atomic E-state index is 0.0780. The van der Waals surface area contributed by atoms with Crippen LogP contribution in [0.5, 0.6) is 11.5 Å². The van der Waals surface area contributed by atoms with Gasteiger partial charge in [0.1, 0.15) is 23.7 Å². The molecule has 0 radical (unpaired) electrons. The molecule has 1 aliphatic rings. The van der Waals surface area contributed by atoms with E-state index in [1.807, 2.05) is 39.0 Å². The van der Waals surface area contributed by atoms with Crippen molar-refractivity contribution in [2.75, 3.05) is 13.7 Å². The van der Waals surface area contributed by atoms with Gasteiger partial charge >= 0.3 is 6.09 Å². The summed E-state index contributed by atoms with van der Waals surface area (Å²) in [5.41, 5.74) is 0.559. The summed E-state index contributed by atoms with van der Waals surface area (Å²) < 4.78 is 16.1. The zero-order valence-electron chi connectivity index (χ0n) is 12.4. The molecule has 0 saturated heterocycles. The van der Waals surface area contributed by atoms with Crippen molar-refractivity contribution in [3.63, 3.8) is 0 Å².